The maximum Gasteiger partial charge on any atom is 0.238 e. The van der Waals surface area contributed by atoms with Crippen LogP contribution in [0.3, 0.4) is 0 Å². The summed E-state index contributed by atoms with van der Waals surface area (Å²) in [5.41, 5.74) is 0. The lowest BCUT2D eigenvalue weighted by Crippen LogP contribution is -2.55. The summed E-state index contributed by atoms with van der Waals surface area (Å²) >= 11 is 0. The lowest BCUT2D eigenvalue weighted by Gasteiger charge is -2.23. The van der Waals surface area contributed by atoms with Crippen LogP contribution in [0.4, 0.5) is 0 Å². The highest BCUT2D eigenvalue weighted by Gasteiger charge is 2.19. The van der Waals surface area contributed by atoms with E-state index in [1.807, 2.05) is 0 Å². The minimum atomic E-state index is -0.0455. The maximum absolute atomic E-state index is 11.6. The lowest BCUT2D eigenvalue weighted by atomic mass is 10.1. The molecule has 1 atom stereocenters. The van der Waals surface area contributed by atoms with Gasteiger partial charge in [-0.15, -0.1) is 0 Å². The predicted octanol–water partition coefficient (Wildman–Crippen LogP) is -0.290. The van der Waals surface area contributed by atoms with Crippen molar-refractivity contribution >= 4 is 5.91 Å². The Morgan fingerprint density at radius 3 is 2.86 bits per heavy atom. The Morgan fingerprint density at radius 2 is 2.29 bits per heavy atom. The molecule has 0 aromatic rings. The fourth-order valence-corrected chi connectivity index (χ4v) is 1.45. The van der Waals surface area contributed by atoms with Gasteiger partial charge in [-0.3, -0.25) is 4.79 Å². The first-order chi connectivity index (χ1) is 6.70. The molecule has 0 spiro atoms. The highest BCUT2D eigenvalue weighted by molar-refractivity contribution is 5.82. The topological polar surface area (TPSA) is 53.2 Å². The van der Waals surface area contributed by atoms with Crippen molar-refractivity contribution in [3.63, 3.8) is 0 Å². The summed E-state index contributed by atoms with van der Waals surface area (Å²) in [4.78, 5) is 11.6. The Labute approximate surface area is 85.8 Å². The molecule has 0 saturated carbocycles. The summed E-state index contributed by atoms with van der Waals surface area (Å²) in [5.74, 6) is 0.769. The van der Waals surface area contributed by atoms with Gasteiger partial charge < -0.3 is 16.0 Å². The minimum Gasteiger partial charge on any atom is -0.355 e. The molecule has 1 heterocycles. The molecule has 1 amide bonds. The molecule has 1 fully saturated rings. The van der Waals surface area contributed by atoms with Crippen LogP contribution >= 0.6 is 0 Å². The Kier molecular flexibility index (Phi) is 4.90. The van der Waals surface area contributed by atoms with Gasteiger partial charge in [-0.05, 0) is 12.3 Å². The molecule has 3 N–H and O–H groups in total. The molecule has 1 aliphatic heterocycles. The van der Waals surface area contributed by atoms with E-state index in [4.69, 9.17) is 0 Å². The maximum atomic E-state index is 11.6. The monoisotopic (exact) mass is 199 g/mol. The molecule has 1 rings (SSSR count). The van der Waals surface area contributed by atoms with E-state index >= 15 is 0 Å². The number of rotatable bonds is 4. The second-order valence-electron chi connectivity index (χ2n) is 4.18. The van der Waals surface area contributed by atoms with E-state index in [1.165, 1.54) is 0 Å². The van der Waals surface area contributed by atoms with Gasteiger partial charge in [-0.1, -0.05) is 13.8 Å². The molecule has 1 aliphatic rings. The molecule has 4 nitrogen and oxygen atoms in total. The van der Waals surface area contributed by atoms with Crippen LogP contribution in [-0.2, 0) is 4.79 Å². The van der Waals surface area contributed by atoms with Crippen LogP contribution in [0.5, 0.6) is 0 Å². The van der Waals surface area contributed by atoms with Gasteiger partial charge in [0.15, 0.2) is 0 Å². The molecule has 4 heteroatoms. The third-order valence-corrected chi connectivity index (χ3v) is 2.38. The third kappa shape index (κ3) is 4.07. The predicted molar refractivity (Wildman–Crippen MR) is 57.1 cm³/mol. The molecule has 0 aromatic carbocycles. The number of carbonyl (C=O) groups is 1. The van der Waals surface area contributed by atoms with Gasteiger partial charge >= 0.3 is 0 Å². The van der Waals surface area contributed by atoms with Gasteiger partial charge in [0.05, 0.1) is 6.04 Å². The second-order valence-corrected chi connectivity index (χ2v) is 4.18. The van der Waals surface area contributed by atoms with E-state index in [-0.39, 0.29) is 11.9 Å². The van der Waals surface area contributed by atoms with E-state index in [0.29, 0.717) is 5.92 Å². The summed E-state index contributed by atoms with van der Waals surface area (Å²) in [5, 5.41) is 9.32. The zero-order valence-electron chi connectivity index (χ0n) is 9.10. The zero-order valence-corrected chi connectivity index (χ0v) is 9.10. The van der Waals surface area contributed by atoms with Crippen LogP contribution in [0.25, 0.3) is 0 Å². The number of nitrogens with one attached hydrogen (secondary N) is 3. The number of carbonyl (C=O) groups excluding carboxylic acids is 1. The Hall–Kier alpha value is -0.610. The van der Waals surface area contributed by atoms with Crippen LogP contribution in [0.15, 0.2) is 0 Å². The van der Waals surface area contributed by atoms with E-state index in [1.54, 1.807) is 0 Å². The summed E-state index contributed by atoms with van der Waals surface area (Å²) < 4.78 is 0. The van der Waals surface area contributed by atoms with Crippen molar-refractivity contribution in [1.82, 2.24) is 16.0 Å². The Bertz CT molecular complexity index is 176. The Morgan fingerprint density at radius 1 is 1.50 bits per heavy atom. The van der Waals surface area contributed by atoms with E-state index in [0.717, 1.165) is 32.6 Å². The molecule has 0 radical (unpaired) electrons. The summed E-state index contributed by atoms with van der Waals surface area (Å²) in [6.45, 7) is 7.68. The molecule has 1 unspecified atom stereocenters. The minimum absolute atomic E-state index is 0.0455. The quantitative estimate of drug-likeness (QED) is 0.583. The smallest absolute Gasteiger partial charge is 0.238 e. The summed E-state index contributed by atoms with van der Waals surface area (Å²) in [6.07, 6.45) is 1.05. The number of hydrogen-bond donors (Lipinski definition) is 3. The van der Waals surface area contributed by atoms with Gasteiger partial charge in [0.1, 0.15) is 0 Å². The van der Waals surface area contributed by atoms with Crippen LogP contribution in [0.1, 0.15) is 20.3 Å². The Balaban J connectivity index is 2.13. The van der Waals surface area contributed by atoms with Crippen LogP contribution in [-0.4, -0.2) is 38.1 Å². The van der Waals surface area contributed by atoms with Gasteiger partial charge in [0.2, 0.25) is 5.91 Å². The van der Waals surface area contributed by atoms with E-state index in [9.17, 15) is 4.79 Å². The first kappa shape index (κ1) is 11.5. The highest BCUT2D eigenvalue weighted by atomic mass is 16.2. The first-order valence-corrected chi connectivity index (χ1v) is 5.42. The van der Waals surface area contributed by atoms with E-state index < -0.39 is 0 Å². The van der Waals surface area contributed by atoms with Crippen molar-refractivity contribution in [2.24, 2.45) is 5.92 Å². The molecule has 0 bridgehead atoms. The van der Waals surface area contributed by atoms with Crippen molar-refractivity contribution in [1.29, 1.82) is 0 Å². The van der Waals surface area contributed by atoms with Gasteiger partial charge in [0, 0.05) is 26.2 Å². The SMILES string of the molecule is CC(C)CCNC(=O)C1CNCCN1. The van der Waals surface area contributed by atoms with Gasteiger partial charge in [0.25, 0.3) is 0 Å². The largest absolute Gasteiger partial charge is 0.355 e. The van der Waals surface area contributed by atoms with Gasteiger partial charge in [-0.25, -0.2) is 0 Å². The van der Waals surface area contributed by atoms with E-state index in [2.05, 4.69) is 29.8 Å². The second kappa shape index (κ2) is 5.98. The zero-order chi connectivity index (χ0) is 10.4. The van der Waals surface area contributed by atoms with Crippen molar-refractivity contribution in [3.05, 3.63) is 0 Å². The van der Waals surface area contributed by atoms with Crippen LogP contribution in [0.2, 0.25) is 0 Å². The average Bonchev–Trinajstić information content (AvgIpc) is 2.18. The molecule has 0 aromatic heterocycles. The molecule has 82 valence electrons. The van der Waals surface area contributed by atoms with Crippen molar-refractivity contribution in [2.45, 2.75) is 26.3 Å². The van der Waals surface area contributed by atoms with Crippen LogP contribution in [0, 0.1) is 5.92 Å². The van der Waals surface area contributed by atoms with Crippen LogP contribution < -0.4 is 16.0 Å². The standard InChI is InChI=1S/C10H21N3O/c1-8(2)3-4-13-10(14)9-7-11-5-6-12-9/h8-9,11-12H,3-7H2,1-2H3,(H,13,14). The van der Waals surface area contributed by atoms with Gasteiger partial charge in [-0.2, -0.15) is 0 Å². The van der Waals surface area contributed by atoms with Crippen molar-refractivity contribution < 1.29 is 4.79 Å². The molecule has 0 aliphatic carbocycles. The highest BCUT2D eigenvalue weighted by Crippen LogP contribution is 1.96. The summed E-state index contributed by atoms with van der Waals surface area (Å²) in [7, 11) is 0. The number of piperazine rings is 1. The lowest BCUT2D eigenvalue weighted by molar-refractivity contribution is -0.123. The molecular formula is C10H21N3O. The van der Waals surface area contributed by atoms with Crippen molar-refractivity contribution in [3.8, 4) is 0 Å². The van der Waals surface area contributed by atoms with Crippen molar-refractivity contribution in [2.75, 3.05) is 26.2 Å². The number of amides is 1. The molecular weight excluding hydrogens is 178 g/mol. The third-order valence-electron chi connectivity index (χ3n) is 2.38. The fourth-order valence-electron chi connectivity index (χ4n) is 1.45. The molecule has 1 saturated heterocycles. The fraction of sp³-hybridized carbons (Fsp3) is 0.900. The molecule has 14 heavy (non-hydrogen) atoms. The summed E-state index contributed by atoms with van der Waals surface area (Å²) in [6, 6.07) is -0.0455. The first-order valence-electron chi connectivity index (χ1n) is 5.42. The average molecular weight is 199 g/mol. The number of hydrogen-bond acceptors (Lipinski definition) is 3. The normalized spacial score (nSPS) is 22.4.